The Morgan fingerprint density at radius 3 is 2.88 bits per heavy atom. The molecule has 0 radical (unpaired) electrons. The number of methoxy groups -OCH3 is 1. The van der Waals surface area contributed by atoms with E-state index in [-0.39, 0.29) is 6.03 Å². The maximum absolute atomic E-state index is 11.3. The fraction of sp³-hybridized carbons (Fsp3) is 0.417. The highest BCUT2D eigenvalue weighted by molar-refractivity contribution is 5.73. The normalized spacial score (nSPS) is 9.62. The van der Waals surface area contributed by atoms with E-state index < -0.39 is 0 Å². The molecule has 0 aliphatic carbocycles. The highest BCUT2D eigenvalue weighted by atomic mass is 16.5. The summed E-state index contributed by atoms with van der Waals surface area (Å²) in [5.74, 6) is 0.799. The number of benzene rings is 1. The molecule has 4 heteroatoms. The fourth-order valence-electron chi connectivity index (χ4n) is 1.27. The number of ether oxygens (including phenoxy) is 1. The Balaban J connectivity index is 2.38. The van der Waals surface area contributed by atoms with Crippen molar-refractivity contribution in [1.29, 1.82) is 0 Å². The molecule has 1 aromatic rings. The van der Waals surface area contributed by atoms with Gasteiger partial charge in [-0.1, -0.05) is 19.1 Å². The van der Waals surface area contributed by atoms with E-state index in [1.54, 1.807) is 7.11 Å². The second-order valence-corrected chi connectivity index (χ2v) is 3.46. The van der Waals surface area contributed by atoms with E-state index in [1.165, 1.54) is 0 Å². The van der Waals surface area contributed by atoms with Crippen LogP contribution in [0.4, 0.5) is 4.79 Å². The van der Waals surface area contributed by atoms with Crippen LogP contribution in [-0.4, -0.2) is 19.7 Å². The van der Waals surface area contributed by atoms with Gasteiger partial charge in [-0.15, -0.1) is 0 Å². The maximum Gasteiger partial charge on any atom is 0.315 e. The quantitative estimate of drug-likeness (QED) is 0.799. The Hall–Kier alpha value is -1.71. The Bertz CT molecular complexity index is 340. The van der Waals surface area contributed by atoms with Crippen molar-refractivity contribution in [3.05, 3.63) is 29.8 Å². The number of carbonyl (C=O) groups is 1. The fourth-order valence-corrected chi connectivity index (χ4v) is 1.27. The smallest absolute Gasteiger partial charge is 0.315 e. The predicted molar refractivity (Wildman–Crippen MR) is 63.5 cm³/mol. The third-order valence-corrected chi connectivity index (χ3v) is 2.12. The van der Waals surface area contributed by atoms with Crippen molar-refractivity contribution in [2.45, 2.75) is 19.9 Å². The van der Waals surface area contributed by atoms with Crippen LogP contribution in [0.25, 0.3) is 0 Å². The lowest BCUT2D eigenvalue weighted by molar-refractivity contribution is 0.240. The number of rotatable bonds is 5. The summed E-state index contributed by atoms with van der Waals surface area (Å²) in [6, 6.07) is 7.49. The van der Waals surface area contributed by atoms with Gasteiger partial charge in [-0.25, -0.2) is 4.79 Å². The highest BCUT2D eigenvalue weighted by Crippen LogP contribution is 2.11. The minimum absolute atomic E-state index is 0.135. The number of nitrogens with one attached hydrogen (secondary N) is 2. The van der Waals surface area contributed by atoms with Gasteiger partial charge in [-0.2, -0.15) is 0 Å². The zero-order valence-corrected chi connectivity index (χ0v) is 9.75. The van der Waals surface area contributed by atoms with Crippen molar-refractivity contribution in [3.63, 3.8) is 0 Å². The molecule has 0 aromatic heterocycles. The minimum atomic E-state index is -0.135. The standard InChI is InChI=1S/C12H18N2O2/c1-3-7-13-12(15)14-9-10-5-4-6-11(8-10)16-2/h4-6,8H,3,7,9H2,1-2H3,(H2,13,14,15). The van der Waals surface area contributed by atoms with Crippen molar-refractivity contribution in [3.8, 4) is 5.75 Å². The summed E-state index contributed by atoms with van der Waals surface area (Å²) in [6.07, 6.45) is 0.937. The van der Waals surface area contributed by atoms with E-state index >= 15 is 0 Å². The summed E-state index contributed by atoms with van der Waals surface area (Å²) in [4.78, 5) is 11.3. The summed E-state index contributed by atoms with van der Waals surface area (Å²) >= 11 is 0. The van der Waals surface area contributed by atoms with Crippen LogP contribution in [0.2, 0.25) is 0 Å². The molecular weight excluding hydrogens is 204 g/mol. The molecule has 0 heterocycles. The SMILES string of the molecule is CCCNC(=O)NCc1cccc(OC)c1. The average Bonchev–Trinajstić information content (AvgIpc) is 2.34. The molecule has 2 amide bonds. The molecule has 0 atom stereocenters. The molecule has 0 fully saturated rings. The van der Waals surface area contributed by atoms with Crippen LogP contribution in [0.5, 0.6) is 5.75 Å². The molecule has 1 aromatic carbocycles. The number of urea groups is 1. The van der Waals surface area contributed by atoms with Crippen molar-refractivity contribution in [2.24, 2.45) is 0 Å². The van der Waals surface area contributed by atoms with Crippen molar-refractivity contribution < 1.29 is 9.53 Å². The van der Waals surface area contributed by atoms with E-state index in [0.29, 0.717) is 13.1 Å². The molecule has 0 saturated carbocycles. The lowest BCUT2D eigenvalue weighted by Crippen LogP contribution is -2.35. The molecule has 0 saturated heterocycles. The Morgan fingerprint density at radius 2 is 2.19 bits per heavy atom. The van der Waals surface area contributed by atoms with E-state index in [0.717, 1.165) is 17.7 Å². The first-order chi connectivity index (χ1) is 7.76. The largest absolute Gasteiger partial charge is 0.497 e. The van der Waals surface area contributed by atoms with Gasteiger partial charge in [-0.3, -0.25) is 0 Å². The van der Waals surface area contributed by atoms with Crippen molar-refractivity contribution >= 4 is 6.03 Å². The zero-order valence-electron chi connectivity index (χ0n) is 9.75. The van der Waals surface area contributed by atoms with Crippen molar-refractivity contribution in [2.75, 3.05) is 13.7 Å². The summed E-state index contributed by atoms with van der Waals surface area (Å²) in [6.45, 7) is 3.22. The first-order valence-electron chi connectivity index (χ1n) is 5.41. The summed E-state index contributed by atoms with van der Waals surface area (Å²) in [5.41, 5.74) is 1.02. The molecule has 0 aliphatic rings. The molecule has 88 valence electrons. The monoisotopic (exact) mass is 222 g/mol. The molecule has 4 nitrogen and oxygen atoms in total. The van der Waals surface area contributed by atoms with Crippen LogP contribution in [0.15, 0.2) is 24.3 Å². The van der Waals surface area contributed by atoms with Crippen LogP contribution < -0.4 is 15.4 Å². The van der Waals surface area contributed by atoms with Crippen LogP contribution >= 0.6 is 0 Å². The Morgan fingerprint density at radius 1 is 1.38 bits per heavy atom. The highest BCUT2D eigenvalue weighted by Gasteiger charge is 1.99. The second kappa shape index (κ2) is 6.71. The number of hydrogen-bond donors (Lipinski definition) is 2. The molecular formula is C12H18N2O2. The molecule has 0 aliphatic heterocycles. The van der Waals surface area contributed by atoms with Gasteiger partial charge < -0.3 is 15.4 Å². The van der Waals surface area contributed by atoms with Gasteiger partial charge in [0.1, 0.15) is 5.75 Å². The van der Waals surface area contributed by atoms with E-state index in [2.05, 4.69) is 10.6 Å². The van der Waals surface area contributed by atoms with Crippen LogP contribution in [0.3, 0.4) is 0 Å². The Kier molecular flexibility index (Phi) is 5.19. The third-order valence-electron chi connectivity index (χ3n) is 2.12. The van der Waals surface area contributed by atoms with Crippen LogP contribution in [0, 0.1) is 0 Å². The van der Waals surface area contributed by atoms with E-state index in [9.17, 15) is 4.79 Å². The van der Waals surface area contributed by atoms with E-state index in [1.807, 2.05) is 31.2 Å². The zero-order chi connectivity index (χ0) is 11.8. The van der Waals surface area contributed by atoms with Crippen LogP contribution in [0.1, 0.15) is 18.9 Å². The minimum Gasteiger partial charge on any atom is -0.497 e. The van der Waals surface area contributed by atoms with Crippen LogP contribution in [-0.2, 0) is 6.54 Å². The first-order valence-corrected chi connectivity index (χ1v) is 5.41. The third kappa shape index (κ3) is 4.21. The first kappa shape index (κ1) is 12.4. The summed E-state index contributed by atoms with van der Waals surface area (Å²) in [5, 5.41) is 5.53. The van der Waals surface area contributed by atoms with Gasteiger partial charge in [-0.05, 0) is 24.1 Å². The van der Waals surface area contributed by atoms with Gasteiger partial charge >= 0.3 is 6.03 Å². The van der Waals surface area contributed by atoms with Gasteiger partial charge in [0.25, 0.3) is 0 Å². The second-order valence-electron chi connectivity index (χ2n) is 3.46. The molecule has 0 unspecified atom stereocenters. The van der Waals surface area contributed by atoms with E-state index in [4.69, 9.17) is 4.74 Å². The van der Waals surface area contributed by atoms with Gasteiger partial charge in [0, 0.05) is 13.1 Å². The topological polar surface area (TPSA) is 50.4 Å². The Labute approximate surface area is 96.0 Å². The molecule has 0 bridgehead atoms. The predicted octanol–water partition coefficient (Wildman–Crippen LogP) is 1.90. The molecule has 16 heavy (non-hydrogen) atoms. The van der Waals surface area contributed by atoms with Gasteiger partial charge in [0.2, 0.25) is 0 Å². The molecule has 0 spiro atoms. The molecule has 1 rings (SSSR count). The van der Waals surface area contributed by atoms with Crippen molar-refractivity contribution in [1.82, 2.24) is 10.6 Å². The van der Waals surface area contributed by atoms with Gasteiger partial charge in [0.05, 0.1) is 7.11 Å². The summed E-state index contributed by atoms with van der Waals surface area (Å²) < 4.78 is 5.10. The number of amides is 2. The average molecular weight is 222 g/mol. The lowest BCUT2D eigenvalue weighted by Gasteiger charge is -2.07. The maximum atomic E-state index is 11.3. The summed E-state index contributed by atoms with van der Waals surface area (Å²) in [7, 11) is 1.63. The lowest BCUT2D eigenvalue weighted by atomic mass is 10.2. The molecule has 2 N–H and O–H groups in total. The van der Waals surface area contributed by atoms with Gasteiger partial charge in [0.15, 0.2) is 0 Å². The number of carbonyl (C=O) groups excluding carboxylic acids is 1. The number of hydrogen-bond acceptors (Lipinski definition) is 2.